The topological polar surface area (TPSA) is 118 Å². The summed E-state index contributed by atoms with van der Waals surface area (Å²) in [6, 6.07) is 10.1. The van der Waals surface area contributed by atoms with Crippen molar-refractivity contribution in [2.45, 2.75) is 31.6 Å². The maximum Gasteiger partial charge on any atom is 0.324 e. The van der Waals surface area contributed by atoms with Crippen LogP contribution in [0, 0.1) is 10.1 Å². The number of carboxylic acid groups (broad SMARTS) is 1. The maximum atomic E-state index is 13.3. The fraction of sp³-hybridized carbons (Fsp3) is 0.278. The lowest BCUT2D eigenvalue weighted by Gasteiger charge is -2.27. The average Bonchev–Trinajstić information content (AvgIpc) is 2.65. The molecule has 0 aliphatic carbocycles. The number of nitro benzene ring substituents is 1. The molecule has 1 N–H and O–H groups in total. The van der Waals surface area contributed by atoms with Gasteiger partial charge in [0.1, 0.15) is 6.54 Å². The fourth-order valence-corrected chi connectivity index (χ4v) is 4.54. The Morgan fingerprint density at radius 3 is 2.11 bits per heavy atom. The van der Waals surface area contributed by atoms with Crippen LogP contribution >= 0.6 is 0 Å². The maximum absolute atomic E-state index is 13.3. The second-order valence-electron chi connectivity index (χ2n) is 5.76. The average molecular weight is 392 g/mol. The van der Waals surface area contributed by atoms with Gasteiger partial charge in [0, 0.05) is 6.07 Å². The fourth-order valence-electron chi connectivity index (χ4n) is 2.89. The van der Waals surface area contributed by atoms with E-state index in [0.29, 0.717) is 24.0 Å². The minimum absolute atomic E-state index is 0.267. The van der Waals surface area contributed by atoms with Crippen LogP contribution in [-0.4, -0.2) is 31.0 Å². The van der Waals surface area contributed by atoms with Gasteiger partial charge in [0.15, 0.2) is 4.90 Å². The first kappa shape index (κ1) is 20.4. The molecule has 9 heteroatoms. The van der Waals surface area contributed by atoms with Crippen molar-refractivity contribution in [3.8, 4) is 0 Å². The van der Waals surface area contributed by atoms with Crippen molar-refractivity contribution in [1.29, 1.82) is 0 Å². The van der Waals surface area contributed by atoms with Crippen LogP contribution in [0.3, 0.4) is 0 Å². The number of nitrogens with zero attached hydrogens (tertiary/aromatic N) is 2. The molecule has 0 aliphatic rings. The Morgan fingerprint density at radius 1 is 1.07 bits per heavy atom. The first-order valence-corrected chi connectivity index (χ1v) is 9.76. The molecule has 0 saturated heterocycles. The van der Waals surface area contributed by atoms with Crippen LogP contribution in [0.15, 0.2) is 47.4 Å². The summed E-state index contributed by atoms with van der Waals surface area (Å²) in [6.45, 7) is 2.82. The van der Waals surface area contributed by atoms with E-state index in [4.69, 9.17) is 0 Å². The Labute approximate surface area is 157 Å². The van der Waals surface area contributed by atoms with E-state index in [-0.39, 0.29) is 5.69 Å². The van der Waals surface area contributed by atoms with E-state index in [1.807, 2.05) is 13.8 Å². The normalized spacial score (nSPS) is 11.2. The quantitative estimate of drug-likeness (QED) is 0.545. The Bertz CT molecular complexity index is 949. The second kappa shape index (κ2) is 8.17. The lowest BCUT2D eigenvalue weighted by Crippen LogP contribution is -2.37. The van der Waals surface area contributed by atoms with Crippen molar-refractivity contribution < 1.29 is 23.2 Å². The standard InChI is InChI=1S/C18H20N2O6S/c1-3-13-8-7-9-14(4-2)18(13)19(12-17(21)22)27(25,26)16-11-6-5-10-15(16)20(23)24/h5-11H,3-4,12H2,1-2H3,(H,21,22). The molecule has 0 aliphatic heterocycles. The zero-order valence-electron chi connectivity index (χ0n) is 15.0. The molecule has 0 fully saturated rings. The Balaban J connectivity index is 2.80. The third-order valence-corrected chi connectivity index (χ3v) is 5.92. The van der Waals surface area contributed by atoms with Crippen LogP contribution < -0.4 is 4.31 Å². The summed E-state index contributed by atoms with van der Waals surface area (Å²) in [5, 5.41) is 20.6. The Hall–Kier alpha value is -2.94. The smallest absolute Gasteiger partial charge is 0.324 e. The number of carbonyl (C=O) groups is 1. The molecule has 2 rings (SSSR count). The first-order chi connectivity index (χ1) is 12.7. The number of hydrogen-bond acceptors (Lipinski definition) is 5. The van der Waals surface area contributed by atoms with E-state index in [1.54, 1.807) is 18.2 Å². The summed E-state index contributed by atoms with van der Waals surface area (Å²) in [7, 11) is -4.48. The van der Waals surface area contributed by atoms with Gasteiger partial charge in [-0.1, -0.05) is 44.2 Å². The summed E-state index contributed by atoms with van der Waals surface area (Å²) in [5.74, 6) is -1.36. The van der Waals surface area contributed by atoms with Gasteiger partial charge in [-0.2, -0.15) is 0 Å². The second-order valence-corrected chi connectivity index (χ2v) is 7.59. The molecule has 0 aromatic heterocycles. The van der Waals surface area contributed by atoms with Crippen molar-refractivity contribution in [1.82, 2.24) is 0 Å². The minimum Gasteiger partial charge on any atom is -0.480 e. The molecular weight excluding hydrogens is 372 g/mol. The molecule has 0 radical (unpaired) electrons. The van der Waals surface area contributed by atoms with Crippen LogP contribution in [0.5, 0.6) is 0 Å². The highest BCUT2D eigenvalue weighted by molar-refractivity contribution is 7.93. The minimum atomic E-state index is -4.48. The number of rotatable bonds is 8. The van der Waals surface area contributed by atoms with Crippen LogP contribution in [0.2, 0.25) is 0 Å². The number of hydrogen-bond donors (Lipinski definition) is 1. The summed E-state index contributed by atoms with van der Waals surface area (Å²) >= 11 is 0. The van der Waals surface area contributed by atoms with Gasteiger partial charge in [-0.15, -0.1) is 0 Å². The summed E-state index contributed by atoms with van der Waals surface area (Å²) in [4.78, 5) is 21.4. The molecule has 2 aromatic rings. The molecule has 0 bridgehead atoms. The number of aliphatic carboxylic acids is 1. The SMILES string of the molecule is CCc1cccc(CC)c1N(CC(=O)O)S(=O)(=O)c1ccccc1[N+](=O)[O-]. The number of carboxylic acids is 1. The predicted octanol–water partition coefficient (Wildman–Crippen LogP) is 3.00. The van der Waals surface area contributed by atoms with Crippen LogP contribution in [0.25, 0.3) is 0 Å². The van der Waals surface area contributed by atoms with Gasteiger partial charge in [0.05, 0.1) is 10.6 Å². The lowest BCUT2D eigenvalue weighted by atomic mass is 10.0. The first-order valence-electron chi connectivity index (χ1n) is 8.32. The molecule has 2 aromatic carbocycles. The third-order valence-electron chi connectivity index (χ3n) is 4.12. The molecule has 0 atom stereocenters. The van der Waals surface area contributed by atoms with Gasteiger partial charge in [-0.3, -0.25) is 19.2 Å². The van der Waals surface area contributed by atoms with Crippen molar-refractivity contribution >= 4 is 27.4 Å². The van der Waals surface area contributed by atoms with E-state index in [1.165, 1.54) is 12.1 Å². The number of para-hydroxylation sites is 2. The monoisotopic (exact) mass is 392 g/mol. The van der Waals surface area contributed by atoms with Crippen molar-refractivity contribution in [2.24, 2.45) is 0 Å². The van der Waals surface area contributed by atoms with Crippen LogP contribution in [0.4, 0.5) is 11.4 Å². The summed E-state index contributed by atoms with van der Waals surface area (Å²) < 4.78 is 27.3. The molecule has 144 valence electrons. The van der Waals surface area contributed by atoms with Crippen molar-refractivity contribution in [3.63, 3.8) is 0 Å². The molecule has 0 unspecified atom stereocenters. The van der Waals surface area contributed by atoms with Gasteiger partial charge in [-0.05, 0) is 30.0 Å². The van der Waals surface area contributed by atoms with E-state index < -0.39 is 38.0 Å². The molecule has 0 amide bonds. The largest absolute Gasteiger partial charge is 0.480 e. The van der Waals surface area contributed by atoms with Gasteiger partial charge < -0.3 is 5.11 Å². The molecule has 0 heterocycles. The van der Waals surface area contributed by atoms with E-state index >= 15 is 0 Å². The van der Waals surface area contributed by atoms with E-state index in [9.17, 15) is 28.4 Å². The molecule has 0 saturated carbocycles. The highest BCUT2D eigenvalue weighted by atomic mass is 32.2. The Kier molecular flexibility index (Phi) is 6.17. The number of nitro groups is 1. The summed E-state index contributed by atoms with van der Waals surface area (Å²) in [5.41, 5.74) is 0.971. The zero-order valence-corrected chi connectivity index (χ0v) is 15.8. The molecular formula is C18H20N2O6S. The van der Waals surface area contributed by atoms with E-state index in [0.717, 1.165) is 16.4 Å². The number of sulfonamides is 1. The Morgan fingerprint density at radius 2 is 1.63 bits per heavy atom. The highest BCUT2D eigenvalue weighted by Gasteiger charge is 2.34. The molecule has 0 spiro atoms. The third kappa shape index (κ3) is 4.08. The van der Waals surface area contributed by atoms with Crippen LogP contribution in [0.1, 0.15) is 25.0 Å². The van der Waals surface area contributed by atoms with Crippen molar-refractivity contribution in [3.05, 3.63) is 63.7 Å². The highest BCUT2D eigenvalue weighted by Crippen LogP contribution is 2.34. The van der Waals surface area contributed by atoms with Gasteiger partial charge in [0.25, 0.3) is 15.7 Å². The lowest BCUT2D eigenvalue weighted by molar-refractivity contribution is -0.387. The van der Waals surface area contributed by atoms with Crippen LogP contribution in [-0.2, 0) is 27.7 Å². The predicted molar refractivity (Wildman–Crippen MR) is 100 cm³/mol. The number of anilines is 1. The van der Waals surface area contributed by atoms with Gasteiger partial charge in [-0.25, -0.2) is 8.42 Å². The zero-order chi connectivity index (χ0) is 20.2. The molecule has 27 heavy (non-hydrogen) atoms. The number of benzene rings is 2. The van der Waals surface area contributed by atoms with Gasteiger partial charge >= 0.3 is 5.97 Å². The van der Waals surface area contributed by atoms with Crippen molar-refractivity contribution in [2.75, 3.05) is 10.8 Å². The molecule has 8 nitrogen and oxygen atoms in total. The van der Waals surface area contributed by atoms with Gasteiger partial charge in [0.2, 0.25) is 0 Å². The van der Waals surface area contributed by atoms with E-state index in [2.05, 4.69) is 0 Å². The summed E-state index contributed by atoms with van der Waals surface area (Å²) in [6.07, 6.45) is 0.956. The number of aryl methyl sites for hydroxylation is 2.